The Kier molecular flexibility index (Phi) is 7.13. The molecule has 0 saturated heterocycles. The molecule has 3 aromatic carbocycles. The average Bonchev–Trinajstić information content (AvgIpc) is 2.82. The van der Waals surface area contributed by atoms with Gasteiger partial charge in [0.15, 0.2) is 0 Å². The number of nitrogens with zero attached hydrogens (tertiary/aromatic N) is 1. The molecular formula is C28H27N3. The van der Waals surface area contributed by atoms with Crippen LogP contribution in [0.2, 0.25) is 0 Å². The third-order valence-corrected chi connectivity index (χ3v) is 5.08. The summed E-state index contributed by atoms with van der Waals surface area (Å²) in [6.45, 7) is 7.81. The monoisotopic (exact) mass is 405 g/mol. The molecule has 0 bridgehead atoms. The summed E-state index contributed by atoms with van der Waals surface area (Å²) in [5.74, 6) is 0.512. The molecule has 3 aromatic rings. The van der Waals surface area contributed by atoms with E-state index in [0.29, 0.717) is 0 Å². The smallest absolute Gasteiger partial charge is 0.138 e. The van der Waals surface area contributed by atoms with E-state index in [1.165, 1.54) is 0 Å². The van der Waals surface area contributed by atoms with Crippen molar-refractivity contribution in [3.8, 4) is 0 Å². The number of anilines is 1. The van der Waals surface area contributed by atoms with Gasteiger partial charge in [-0.3, -0.25) is 15.7 Å². The van der Waals surface area contributed by atoms with E-state index in [1.54, 1.807) is 11.0 Å². The number of hydrogen-bond acceptors (Lipinski definition) is 2. The summed E-state index contributed by atoms with van der Waals surface area (Å²) in [5.41, 5.74) is 5.36. The lowest BCUT2D eigenvalue weighted by Gasteiger charge is -2.28. The van der Waals surface area contributed by atoms with Crippen LogP contribution in [0.3, 0.4) is 0 Å². The molecule has 0 aromatic heterocycles. The molecule has 0 fully saturated rings. The molecule has 31 heavy (non-hydrogen) atoms. The van der Waals surface area contributed by atoms with Gasteiger partial charge in [0.25, 0.3) is 0 Å². The maximum absolute atomic E-state index is 9.00. The first kappa shape index (κ1) is 21.7. The van der Waals surface area contributed by atoms with E-state index >= 15 is 0 Å². The topological polar surface area (TPSA) is 50.9 Å². The maximum Gasteiger partial charge on any atom is 0.138 e. The Balaban J connectivity index is 2.12. The van der Waals surface area contributed by atoms with Gasteiger partial charge in [-0.25, -0.2) is 0 Å². The Hall–Kier alpha value is -3.98. The van der Waals surface area contributed by atoms with Crippen molar-refractivity contribution in [2.45, 2.75) is 13.8 Å². The van der Waals surface area contributed by atoms with E-state index in [0.717, 1.165) is 33.5 Å². The zero-order chi connectivity index (χ0) is 22.2. The number of nitrogens with one attached hydrogen (secondary N) is 2. The van der Waals surface area contributed by atoms with Gasteiger partial charge in [-0.15, -0.1) is 0 Å². The zero-order valence-electron chi connectivity index (χ0n) is 18.0. The fourth-order valence-electron chi connectivity index (χ4n) is 3.32. The normalized spacial score (nSPS) is 11.0. The lowest BCUT2D eigenvalue weighted by Crippen LogP contribution is -2.37. The van der Waals surface area contributed by atoms with Crippen molar-refractivity contribution in [2.75, 3.05) is 4.90 Å². The van der Waals surface area contributed by atoms with E-state index in [4.69, 9.17) is 10.8 Å². The van der Waals surface area contributed by atoms with Crippen molar-refractivity contribution < 1.29 is 0 Å². The number of rotatable bonds is 6. The number of benzene rings is 3. The Bertz CT molecular complexity index is 1140. The SMILES string of the molecule is C=Cc1ccc(C(=N)N(C(=N)c2ccccc2)c2cccc(/C=C\C=C/C)c2C)cc1. The van der Waals surface area contributed by atoms with Gasteiger partial charge in [0.2, 0.25) is 0 Å². The Labute approximate surface area is 184 Å². The fourth-order valence-corrected chi connectivity index (χ4v) is 3.32. The lowest BCUT2D eigenvalue weighted by atomic mass is 10.0. The molecule has 3 rings (SSSR count). The highest BCUT2D eigenvalue weighted by Gasteiger charge is 2.22. The quantitative estimate of drug-likeness (QED) is 0.257. The van der Waals surface area contributed by atoms with Crippen molar-refractivity contribution in [3.63, 3.8) is 0 Å². The van der Waals surface area contributed by atoms with Crippen LogP contribution in [0.4, 0.5) is 5.69 Å². The number of amidine groups is 2. The molecule has 0 spiro atoms. The molecule has 0 aliphatic heterocycles. The first-order valence-electron chi connectivity index (χ1n) is 10.2. The highest BCUT2D eigenvalue weighted by atomic mass is 15.2. The minimum atomic E-state index is 0.252. The standard InChI is InChI=1S/C28H27N3/c1-4-6-8-12-23-15-11-16-26(21(23)3)31(27(29)24-13-9-7-10-14-24)28(30)25-19-17-22(5-2)18-20-25/h4-20,29-30H,2H2,1,3H3/b6-4-,12-8-,29-27?,30-28?. The molecule has 0 aliphatic rings. The van der Waals surface area contributed by atoms with Crippen LogP contribution in [0.25, 0.3) is 12.2 Å². The Morgan fingerprint density at radius 1 is 0.806 bits per heavy atom. The molecule has 0 atom stereocenters. The minimum Gasteiger partial charge on any atom is -0.284 e. The van der Waals surface area contributed by atoms with Crippen LogP contribution in [-0.2, 0) is 0 Å². The molecule has 154 valence electrons. The molecule has 3 nitrogen and oxygen atoms in total. The summed E-state index contributed by atoms with van der Waals surface area (Å²) >= 11 is 0. The van der Waals surface area contributed by atoms with Gasteiger partial charge in [-0.05, 0) is 36.6 Å². The van der Waals surface area contributed by atoms with Crippen LogP contribution >= 0.6 is 0 Å². The van der Waals surface area contributed by atoms with Crippen LogP contribution < -0.4 is 4.90 Å². The van der Waals surface area contributed by atoms with Crippen LogP contribution in [0.5, 0.6) is 0 Å². The van der Waals surface area contributed by atoms with Crippen molar-refractivity contribution in [1.29, 1.82) is 10.8 Å². The van der Waals surface area contributed by atoms with Crippen molar-refractivity contribution in [3.05, 3.63) is 125 Å². The van der Waals surface area contributed by atoms with Crippen LogP contribution in [0.1, 0.15) is 34.7 Å². The third kappa shape index (κ3) is 4.96. The van der Waals surface area contributed by atoms with Gasteiger partial charge in [-0.1, -0.05) is 104 Å². The minimum absolute atomic E-state index is 0.252. The number of allylic oxidation sites excluding steroid dienone is 3. The first-order valence-corrected chi connectivity index (χ1v) is 10.2. The predicted molar refractivity (Wildman–Crippen MR) is 134 cm³/mol. The highest BCUT2D eigenvalue weighted by Crippen LogP contribution is 2.27. The predicted octanol–water partition coefficient (Wildman–Crippen LogP) is 7.08. The summed E-state index contributed by atoms with van der Waals surface area (Å²) in [4.78, 5) is 1.71. The van der Waals surface area contributed by atoms with Crippen LogP contribution in [0, 0.1) is 17.7 Å². The van der Waals surface area contributed by atoms with Gasteiger partial charge < -0.3 is 0 Å². The highest BCUT2D eigenvalue weighted by molar-refractivity contribution is 6.27. The molecule has 0 radical (unpaired) electrons. The van der Waals surface area contributed by atoms with E-state index in [1.807, 2.05) is 111 Å². The average molecular weight is 406 g/mol. The van der Waals surface area contributed by atoms with Gasteiger partial charge >= 0.3 is 0 Å². The first-order chi connectivity index (χ1) is 15.1. The van der Waals surface area contributed by atoms with Gasteiger partial charge in [0.1, 0.15) is 11.7 Å². The van der Waals surface area contributed by atoms with Crippen molar-refractivity contribution >= 4 is 29.5 Å². The fraction of sp³-hybridized carbons (Fsp3) is 0.0714. The van der Waals surface area contributed by atoms with Gasteiger partial charge in [0.05, 0.1) is 5.69 Å². The molecular weight excluding hydrogens is 378 g/mol. The van der Waals surface area contributed by atoms with Gasteiger partial charge in [-0.2, -0.15) is 0 Å². The van der Waals surface area contributed by atoms with Crippen molar-refractivity contribution in [2.24, 2.45) is 0 Å². The van der Waals surface area contributed by atoms with Gasteiger partial charge in [0, 0.05) is 11.1 Å². The van der Waals surface area contributed by atoms with Crippen molar-refractivity contribution in [1.82, 2.24) is 0 Å². The van der Waals surface area contributed by atoms with Crippen LogP contribution in [0.15, 0.2) is 97.6 Å². The summed E-state index contributed by atoms with van der Waals surface area (Å²) in [5, 5.41) is 18.0. The van der Waals surface area contributed by atoms with Crippen LogP contribution in [-0.4, -0.2) is 11.7 Å². The molecule has 0 unspecified atom stereocenters. The second kappa shape index (κ2) is 10.2. The molecule has 0 aliphatic carbocycles. The zero-order valence-corrected chi connectivity index (χ0v) is 18.0. The Morgan fingerprint density at radius 2 is 1.45 bits per heavy atom. The molecule has 3 heteroatoms. The molecule has 0 amide bonds. The molecule has 0 heterocycles. The second-order valence-corrected chi connectivity index (χ2v) is 7.10. The summed E-state index contributed by atoms with van der Waals surface area (Å²) < 4.78 is 0. The third-order valence-electron chi connectivity index (χ3n) is 5.08. The maximum atomic E-state index is 9.00. The van der Waals surface area contributed by atoms with E-state index in [-0.39, 0.29) is 11.7 Å². The second-order valence-electron chi connectivity index (χ2n) is 7.10. The lowest BCUT2D eigenvalue weighted by molar-refractivity contribution is 1.26. The Morgan fingerprint density at radius 3 is 2.06 bits per heavy atom. The largest absolute Gasteiger partial charge is 0.284 e. The molecule has 0 saturated carbocycles. The summed E-state index contributed by atoms with van der Waals surface area (Å²) in [6.07, 6.45) is 9.79. The van der Waals surface area contributed by atoms with E-state index < -0.39 is 0 Å². The summed E-state index contributed by atoms with van der Waals surface area (Å²) in [6, 6.07) is 23.2. The molecule has 2 N–H and O–H groups in total. The summed E-state index contributed by atoms with van der Waals surface area (Å²) in [7, 11) is 0. The van der Waals surface area contributed by atoms with E-state index in [2.05, 4.69) is 6.58 Å². The van der Waals surface area contributed by atoms with E-state index in [9.17, 15) is 0 Å². The number of hydrogen-bond donors (Lipinski definition) is 2.